The van der Waals surface area contributed by atoms with Crippen molar-refractivity contribution >= 4 is 64.7 Å². The van der Waals surface area contributed by atoms with Crippen LogP contribution in [0.2, 0.25) is 5.02 Å². The van der Waals surface area contributed by atoms with Gasteiger partial charge >= 0.3 is 0 Å². The molecule has 0 aliphatic rings. The summed E-state index contributed by atoms with van der Waals surface area (Å²) in [7, 11) is 0. The standard InChI is InChI=1S/C20H11ClS/c21-13-6-8-14-12(11-13)5-7-16-15(14)9-10-19-20(16)17-3-1-2-4-18(17)22-19/h1-11H. The molecular weight excluding hydrogens is 308 g/mol. The normalized spacial score (nSPS) is 11.9. The summed E-state index contributed by atoms with van der Waals surface area (Å²) in [6, 6.07) is 23.7. The number of benzene rings is 4. The quantitative estimate of drug-likeness (QED) is 0.269. The van der Waals surface area contributed by atoms with Crippen LogP contribution < -0.4 is 0 Å². The first-order chi connectivity index (χ1) is 10.8. The highest BCUT2D eigenvalue weighted by Gasteiger charge is 2.10. The van der Waals surface area contributed by atoms with E-state index in [0.29, 0.717) is 0 Å². The van der Waals surface area contributed by atoms with Gasteiger partial charge in [-0.05, 0) is 45.8 Å². The lowest BCUT2D eigenvalue weighted by Gasteiger charge is -2.06. The Kier molecular flexibility index (Phi) is 2.52. The third-order valence-corrected chi connectivity index (χ3v) is 5.69. The summed E-state index contributed by atoms with van der Waals surface area (Å²) >= 11 is 7.99. The molecule has 0 N–H and O–H groups in total. The monoisotopic (exact) mass is 318 g/mol. The summed E-state index contributed by atoms with van der Waals surface area (Å²) in [6.45, 7) is 0. The second-order valence-corrected chi connectivity index (χ2v) is 7.08. The van der Waals surface area contributed by atoms with Crippen LogP contribution in [-0.2, 0) is 0 Å². The number of fused-ring (bicyclic) bond motifs is 7. The molecule has 0 unspecified atom stereocenters. The van der Waals surface area contributed by atoms with Gasteiger partial charge in [0.15, 0.2) is 0 Å². The Labute approximate surface area is 136 Å². The molecule has 104 valence electrons. The molecule has 1 aromatic heterocycles. The van der Waals surface area contributed by atoms with Crippen LogP contribution in [0.1, 0.15) is 0 Å². The van der Waals surface area contributed by atoms with Crippen molar-refractivity contribution in [1.29, 1.82) is 0 Å². The minimum Gasteiger partial charge on any atom is -0.135 e. The van der Waals surface area contributed by atoms with Gasteiger partial charge in [0, 0.05) is 25.2 Å². The first-order valence-corrected chi connectivity index (χ1v) is 8.43. The van der Waals surface area contributed by atoms with E-state index in [4.69, 9.17) is 11.6 Å². The molecule has 5 aromatic rings. The number of hydrogen-bond donors (Lipinski definition) is 0. The van der Waals surface area contributed by atoms with Crippen LogP contribution in [0.15, 0.2) is 66.7 Å². The highest BCUT2D eigenvalue weighted by Crippen LogP contribution is 2.40. The van der Waals surface area contributed by atoms with E-state index in [0.717, 1.165) is 5.02 Å². The molecule has 4 aromatic carbocycles. The van der Waals surface area contributed by atoms with Gasteiger partial charge in [-0.2, -0.15) is 0 Å². The molecule has 0 saturated carbocycles. The highest BCUT2D eigenvalue weighted by atomic mass is 35.5. The van der Waals surface area contributed by atoms with Crippen LogP contribution in [0.4, 0.5) is 0 Å². The zero-order chi connectivity index (χ0) is 14.7. The van der Waals surface area contributed by atoms with Crippen LogP contribution in [0, 0.1) is 0 Å². The number of halogens is 1. The molecule has 0 nitrogen and oxygen atoms in total. The largest absolute Gasteiger partial charge is 0.135 e. The second kappa shape index (κ2) is 4.45. The van der Waals surface area contributed by atoms with Gasteiger partial charge in [-0.25, -0.2) is 0 Å². The molecule has 5 rings (SSSR count). The van der Waals surface area contributed by atoms with E-state index in [2.05, 4.69) is 54.6 Å². The summed E-state index contributed by atoms with van der Waals surface area (Å²) in [5, 5.41) is 8.58. The van der Waals surface area contributed by atoms with Crippen LogP contribution in [0.5, 0.6) is 0 Å². The predicted molar refractivity (Wildman–Crippen MR) is 99.4 cm³/mol. The maximum Gasteiger partial charge on any atom is 0.0412 e. The molecule has 0 atom stereocenters. The lowest BCUT2D eigenvalue weighted by molar-refractivity contribution is 1.80. The third kappa shape index (κ3) is 1.64. The zero-order valence-corrected chi connectivity index (χ0v) is 13.2. The predicted octanol–water partition coefficient (Wildman–Crippen LogP) is 7.01. The van der Waals surface area contributed by atoms with Crippen molar-refractivity contribution in [3.8, 4) is 0 Å². The SMILES string of the molecule is Clc1ccc2c(ccc3c2ccc2sc4ccccc4c23)c1. The van der Waals surface area contributed by atoms with Gasteiger partial charge in [0.2, 0.25) is 0 Å². The van der Waals surface area contributed by atoms with Crippen molar-refractivity contribution in [2.24, 2.45) is 0 Å². The van der Waals surface area contributed by atoms with E-state index >= 15 is 0 Å². The lowest BCUT2D eigenvalue weighted by atomic mass is 9.98. The molecular formula is C20H11ClS. The summed E-state index contributed by atoms with van der Waals surface area (Å²) in [6.07, 6.45) is 0. The van der Waals surface area contributed by atoms with Gasteiger partial charge < -0.3 is 0 Å². The van der Waals surface area contributed by atoms with Crippen molar-refractivity contribution in [3.05, 3.63) is 71.8 Å². The van der Waals surface area contributed by atoms with E-state index in [-0.39, 0.29) is 0 Å². The van der Waals surface area contributed by atoms with Crippen molar-refractivity contribution in [1.82, 2.24) is 0 Å². The topological polar surface area (TPSA) is 0 Å². The van der Waals surface area contributed by atoms with Crippen molar-refractivity contribution in [2.75, 3.05) is 0 Å². The molecule has 0 aliphatic heterocycles. The smallest absolute Gasteiger partial charge is 0.0412 e. The fourth-order valence-corrected chi connectivity index (χ4v) is 4.64. The maximum absolute atomic E-state index is 6.13. The summed E-state index contributed by atoms with van der Waals surface area (Å²) < 4.78 is 2.70. The average Bonchev–Trinajstić information content (AvgIpc) is 2.93. The van der Waals surface area contributed by atoms with Crippen molar-refractivity contribution in [2.45, 2.75) is 0 Å². The van der Waals surface area contributed by atoms with E-state index in [1.54, 1.807) is 0 Å². The number of rotatable bonds is 0. The zero-order valence-electron chi connectivity index (χ0n) is 11.6. The maximum atomic E-state index is 6.13. The van der Waals surface area contributed by atoms with Crippen LogP contribution in [0.3, 0.4) is 0 Å². The van der Waals surface area contributed by atoms with Gasteiger partial charge in [0.1, 0.15) is 0 Å². The molecule has 0 radical (unpaired) electrons. The fourth-order valence-electron chi connectivity index (χ4n) is 3.34. The van der Waals surface area contributed by atoms with Gasteiger partial charge in [0.25, 0.3) is 0 Å². The molecule has 0 aliphatic carbocycles. The molecule has 0 fully saturated rings. The molecule has 0 saturated heterocycles. The van der Waals surface area contributed by atoms with E-state index in [1.807, 2.05) is 23.5 Å². The fraction of sp³-hybridized carbons (Fsp3) is 0. The van der Waals surface area contributed by atoms with Gasteiger partial charge in [-0.3, -0.25) is 0 Å². The Morgan fingerprint density at radius 1 is 0.636 bits per heavy atom. The lowest BCUT2D eigenvalue weighted by Crippen LogP contribution is -1.79. The van der Waals surface area contributed by atoms with E-state index in [1.165, 1.54) is 41.7 Å². The summed E-state index contributed by atoms with van der Waals surface area (Å²) in [5.41, 5.74) is 0. The molecule has 22 heavy (non-hydrogen) atoms. The summed E-state index contributed by atoms with van der Waals surface area (Å²) in [4.78, 5) is 0. The summed E-state index contributed by atoms with van der Waals surface area (Å²) in [5.74, 6) is 0. The minimum atomic E-state index is 0.786. The Morgan fingerprint density at radius 2 is 1.45 bits per heavy atom. The Bertz CT molecular complexity index is 1180. The second-order valence-electron chi connectivity index (χ2n) is 5.56. The third-order valence-electron chi connectivity index (χ3n) is 4.32. The molecule has 0 bridgehead atoms. The van der Waals surface area contributed by atoms with E-state index < -0.39 is 0 Å². The number of thiophene rings is 1. The Morgan fingerprint density at radius 3 is 2.41 bits per heavy atom. The molecule has 2 heteroatoms. The van der Waals surface area contributed by atoms with Crippen LogP contribution >= 0.6 is 22.9 Å². The van der Waals surface area contributed by atoms with Gasteiger partial charge in [-0.15, -0.1) is 11.3 Å². The van der Waals surface area contributed by atoms with Crippen LogP contribution in [-0.4, -0.2) is 0 Å². The first-order valence-electron chi connectivity index (χ1n) is 7.23. The Balaban J connectivity index is 2.06. The van der Waals surface area contributed by atoms with Gasteiger partial charge in [0.05, 0.1) is 0 Å². The van der Waals surface area contributed by atoms with Crippen molar-refractivity contribution < 1.29 is 0 Å². The van der Waals surface area contributed by atoms with E-state index in [9.17, 15) is 0 Å². The Hall–Kier alpha value is -2.09. The molecule has 1 heterocycles. The first kappa shape index (κ1) is 12.5. The average molecular weight is 319 g/mol. The molecule has 0 spiro atoms. The van der Waals surface area contributed by atoms with Crippen LogP contribution in [0.25, 0.3) is 41.7 Å². The number of hydrogen-bond acceptors (Lipinski definition) is 1. The van der Waals surface area contributed by atoms with Crippen molar-refractivity contribution in [3.63, 3.8) is 0 Å². The minimum absolute atomic E-state index is 0.786. The highest BCUT2D eigenvalue weighted by molar-refractivity contribution is 7.26. The molecule has 0 amide bonds. The van der Waals surface area contributed by atoms with Gasteiger partial charge in [-0.1, -0.05) is 54.1 Å².